The van der Waals surface area contributed by atoms with Gasteiger partial charge in [-0.1, -0.05) is 18.2 Å². The molecule has 1 unspecified atom stereocenters. The molecular formula is C17H23NO5S. The summed E-state index contributed by atoms with van der Waals surface area (Å²) in [5, 5.41) is 16.2. The largest absolute Gasteiger partial charge is 0.478 e. The summed E-state index contributed by atoms with van der Waals surface area (Å²) in [6, 6.07) is 7.53. The van der Waals surface area contributed by atoms with Gasteiger partial charge in [0.05, 0.1) is 5.25 Å². The zero-order valence-electron chi connectivity index (χ0n) is 13.8. The normalized spacial score (nSPS) is 16.3. The minimum Gasteiger partial charge on any atom is -0.478 e. The lowest BCUT2D eigenvalue weighted by atomic mass is 9.99. The molecule has 1 atom stereocenters. The van der Waals surface area contributed by atoms with Crippen molar-refractivity contribution in [1.82, 2.24) is 0 Å². The number of nitrogens with one attached hydrogen (secondary N) is 1. The molecule has 0 saturated carbocycles. The van der Waals surface area contributed by atoms with Crippen molar-refractivity contribution in [1.29, 1.82) is 0 Å². The first kappa shape index (κ1) is 20.1. The predicted molar refractivity (Wildman–Crippen MR) is 94.6 cm³/mol. The number of ether oxygens (including phenoxy) is 1. The first-order valence-electron chi connectivity index (χ1n) is 7.58. The lowest BCUT2D eigenvalue weighted by Crippen LogP contribution is -2.19. The van der Waals surface area contributed by atoms with E-state index in [1.54, 1.807) is 0 Å². The molecule has 0 heterocycles. The Morgan fingerprint density at radius 3 is 2.54 bits per heavy atom. The Balaban J connectivity index is 0.00000139. The summed E-state index contributed by atoms with van der Waals surface area (Å²) in [6.07, 6.45) is 4.52. The van der Waals surface area contributed by atoms with Gasteiger partial charge in [0.25, 0.3) is 0 Å². The van der Waals surface area contributed by atoms with Gasteiger partial charge in [0.15, 0.2) is 0 Å². The Morgan fingerprint density at radius 1 is 1.29 bits per heavy atom. The van der Waals surface area contributed by atoms with E-state index in [9.17, 15) is 14.7 Å². The molecule has 3 N–H and O–H groups in total. The molecule has 7 heteroatoms. The van der Waals surface area contributed by atoms with Crippen LogP contribution in [0.3, 0.4) is 0 Å². The quantitative estimate of drug-likeness (QED) is 0.534. The van der Waals surface area contributed by atoms with E-state index in [0.717, 1.165) is 37.6 Å². The molecule has 0 amide bonds. The van der Waals surface area contributed by atoms with Gasteiger partial charge in [-0.25, -0.2) is 4.79 Å². The summed E-state index contributed by atoms with van der Waals surface area (Å²) in [7, 11) is 1.00. The first-order valence-corrected chi connectivity index (χ1v) is 8.46. The highest BCUT2D eigenvalue weighted by Gasteiger charge is 2.23. The maximum Gasteiger partial charge on any atom is 0.332 e. The van der Waals surface area contributed by atoms with E-state index in [1.165, 1.54) is 18.9 Å². The van der Waals surface area contributed by atoms with Gasteiger partial charge in [0.1, 0.15) is 6.61 Å². The van der Waals surface area contributed by atoms with Gasteiger partial charge in [-0.05, 0) is 48.9 Å². The average molecular weight is 353 g/mol. The molecule has 1 aromatic carbocycles. The number of aliphatic hydroxyl groups is 1. The van der Waals surface area contributed by atoms with Gasteiger partial charge < -0.3 is 19.7 Å². The van der Waals surface area contributed by atoms with E-state index >= 15 is 0 Å². The van der Waals surface area contributed by atoms with Crippen LogP contribution in [0.1, 0.15) is 31.7 Å². The van der Waals surface area contributed by atoms with Gasteiger partial charge in [-0.15, -0.1) is 0 Å². The molecule has 132 valence electrons. The standard InChI is InChI=1S/C16H19NO4S.CH4O/c1-11(18)21-10-12-6-8-13(9-7-12)17-22-15-5-3-2-4-14(15)16(19)20;1-2/h4,6-9,15,17H,2-3,5,10H2,1H3,(H,19,20);2H,1H3. The number of allylic oxidation sites excluding steroid dienone is 1. The van der Waals surface area contributed by atoms with Gasteiger partial charge in [0.2, 0.25) is 0 Å². The highest BCUT2D eigenvalue weighted by Crippen LogP contribution is 2.30. The van der Waals surface area contributed by atoms with Crippen LogP contribution in [0, 0.1) is 0 Å². The second kappa shape index (κ2) is 10.7. The van der Waals surface area contributed by atoms with Crippen LogP contribution in [-0.2, 0) is 20.9 Å². The number of carbonyl (C=O) groups is 2. The van der Waals surface area contributed by atoms with Gasteiger partial charge in [0, 0.05) is 25.3 Å². The monoisotopic (exact) mass is 353 g/mol. The number of hydrogen-bond acceptors (Lipinski definition) is 6. The summed E-state index contributed by atoms with van der Waals surface area (Å²) in [4.78, 5) is 22.0. The van der Waals surface area contributed by atoms with E-state index in [1.807, 2.05) is 30.3 Å². The summed E-state index contributed by atoms with van der Waals surface area (Å²) in [6.45, 7) is 1.64. The van der Waals surface area contributed by atoms with Crippen molar-refractivity contribution in [3.05, 3.63) is 41.5 Å². The second-order valence-corrected chi connectivity index (χ2v) is 6.09. The lowest BCUT2D eigenvalue weighted by Gasteiger charge is -2.21. The number of rotatable bonds is 6. The number of esters is 1. The smallest absolute Gasteiger partial charge is 0.332 e. The second-order valence-electron chi connectivity index (χ2n) is 5.08. The van der Waals surface area contributed by atoms with Crippen LogP contribution in [0.25, 0.3) is 0 Å². The highest BCUT2D eigenvalue weighted by molar-refractivity contribution is 8.01. The van der Waals surface area contributed by atoms with Crippen molar-refractivity contribution in [2.75, 3.05) is 11.8 Å². The fourth-order valence-corrected chi connectivity index (χ4v) is 3.21. The Kier molecular flexibility index (Phi) is 8.96. The molecule has 0 fully saturated rings. The number of anilines is 1. The molecule has 0 aromatic heterocycles. The van der Waals surface area contributed by atoms with Crippen molar-refractivity contribution in [2.24, 2.45) is 0 Å². The van der Waals surface area contributed by atoms with Crippen molar-refractivity contribution in [2.45, 2.75) is 38.0 Å². The van der Waals surface area contributed by atoms with Crippen LogP contribution < -0.4 is 4.72 Å². The van der Waals surface area contributed by atoms with Gasteiger partial charge >= 0.3 is 11.9 Å². The molecule has 0 aliphatic heterocycles. The minimum atomic E-state index is -0.837. The van der Waals surface area contributed by atoms with Crippen LogP contribution in [-0.4, -0.2) is 34.5 Å². The molecule has 6 nitrogen and oxygen atoms in total. The van der Waals surface area contributed by atoms with E-state index in [0.29, 0.717) is 5.57 Å². The van der Waals surface area contributed by atoms with E-state index in [-0.39, 0.29) is 17.8 Å². The van der Waals surface area contributed by atoms with Gasteiger partial charge in [-0.2, -0.15) is 0 Å². The summed E-state index contributed by atoms with van der Waals surface area (Å²) in [5.74, 6) is -1.14. The summed E-state index contributed by atoms with van der Waals surface area (Å²) < 4.78 is 8.12. The van der Waals surface area contributed by atoms with Crippen LogP contribution in [0.5, 0.6) is 0 Å². The minimum absolute atomic E-state index is 0.0352. The summed E-state index contributed by atoms with van der Waals surface area (Å²) >= 11 is 1.43. The third-order valence-corrected chi connectivity index (χ3v) is 4.47. The van der Waals surface area contributed by atoms with Crippen molar-refractivity contribution in [3.63, 3.8) is 0 Å². The molecular weight excluding hydrogens is 330 g/mol. The molecule has 2 rings (SSSR count). The van der Waals surface area contributed by atoms with Crippen molar-refractivity contribution < 1.29 is 24.5 Å². The predicted octanol–water partition coefficient (Wildman–Crippen LogP) is 2.98. The number of carboxylic acid groups (broad SMARTS) is 1. The number of aliphatic carboxylic acids is 1. The number of benzene rings is 1. The molecule has 1 aliphatic carbocycles. The molecule has 0 radical (unpaired) electrons. The maximum absolute atomic E-state index is 11.2. The molecule has 0 bridgehead atoms. The van der Waals surface area contributed by atoms with Crippen molar-refractivity contribution in [3.8, 4) is 0 Å². The lowest BCUT2D eigenvalue weighted by molar-refractivity contribution is -0.142. The molecule has 1 aliphatic rings. The molecule has 0 saturated heterocycles. The number of carbonyl (C=O) groups excluding carboxylic acids is 1. The first-order chi connectivity index (χ1) is 11.6. The third-order valence-electron chi connectivity index (χ3n) is 3.34. The fourth-order valence-electron chi connectivity index (χ4n) is 2.19. The zero-order valence-corrected chi connectivity index (χ0v) is 14.6. The Morgan fingerprint density at radius 2 is 1.96 bits per heavy atom. The SMILES string of the molecule is CC(=O)OCc1ccc(NSC2CCCC=C2C(=O)O)cc1.CO. The van der Waals surface area contributed by atoms with Gasteiger partial charge in [-0.3, -0.25) is 4.79 Å². The Labute approximate surface area is 146 Å². The van der Waals surface area contributed by atoms with E-state index < -0.39 is 5.97 Å². The van der Waals surface area contributed by atoms with Crippen LogP contribution in [0.4, 0.5) is 5.69 Å². The molecule has 1 aromatic rings. The third kappa shape index (κ3) is 6.64. The zero-order chi connectivity index (χ0) is 17.9. The topological polar surface area (TPSA) is 95.9 Å². The van der Waals surface area contributed by atoms with Crippen LogP contribution >= 0.6 is 11.9 Å². The molecule has 0 spiro atoms. The molecule has 24 heavy (non-hydrogen) atoms. The Hall–Kier alpha value is -1.99. The Bertz CT molecular complexity index is 571. The number of carboxylic acids is 1. The van der Waals surface area contributed by atoms with Crippen LogP contribution in [0.15, 0.2) is 35.9 Å². The highest BCUT2D eigenvalue weighted by atomic mass is 32.2. The van der Waals surface area contributed by atoms with Crippen LogP contribution in [0.2, 0.25) is 0 Å². The number of hydrogen-bond donors (Lipinski definition) is 3. The van der Waals surface area contributed by atoms with Crippen molar-refractivity contribution >= 4 is 29.6 Å². The fraction of sp³-hybridized carbons (Fsp3) is 0.412. The summed E-state index contributed by atoms with van der Waals surface area (Å²) in [5.41, 5.74) is 2.29. The maximum atomic E-state index is 11.2. The van der Waals surface area contributed by atoms with E-state index in [2.05, 4.69) is 4.72 Å². The number of aliphatic hydroxyl groups excluding tert-OH is 1. The van der Waals surface area contributed by atoms with E-state index in [4.69, 9.17) is 9.84 Å². The average Bonchev–Trinajstić information content (AvgIpc) is 2.61.